The standard InChI is InChI=1S/C18H28O3/c1-2-3-7-11-16-15(13-14-17(16)19)10-8-5-4-6-9-12-18(20)21/h3,7H,2,4-6,8-14H2,1H3,(H,20,21)/b7-3+. The molecule has 0 bridgehead atoms. The third-order valence-electron chi connectivity index (χ3n) is 4.01. The van der Waals surface area contributed by atoms with E-state index in [-0.39, 0.29) is 6.42 Å². The van der Waals surface area contributed by atoms with Crippen molar-refractivity contribution in [3.8, 4) is 0 Å². The van der Waals surface area contributed by atoms with E-state index in [2.05, 4.69) is 19.1 Å². The molecule has 0 radical (unpaired) electrons. The normalized spacial score (nSPS) is 15.4. The quantitative estimate of drug-likeness (QED) is 0.439. The van der Waals surface area contributed by atoms with E-state index in [1.807, 2.05) is 0 Å². The number of carbonyl (C=O) groups is 2. The zero-order valence-electron chi connectivity index (χ0n) is 13.2. The molecule has 1 rings (SSSR count). The number of aliphatic carboxylic acids is 1. The zero-order valence-corrected chi connectivity index (χ0v) is 13.2. The molecule has 0 fully saturated rings. The van der Waals surface area contributed by atoms with Crippen molar-refractivity contribution in [2.24, 2.45) is 0 Å². The third kappa shape index (κ3) is 7.26. The van der Waals surface area contributed by atoms with Gasteiger partial charge in [-0.1, -0.05) is 43.9 Å². The van der Waals surface area contributed by atoms with Crippen LogP contribution in [0.3, 0.4) is 0 Å². The van der Waals surface area contributed by atoms with Crippen LogP contribution in [0.4, 0.5) is 0 Å². The Labute approximate surface area is 128 Å². The second-order valence-electron chi connectivity index (χ2n) is 5.75. The number of unbranched alkanes of at least 4 members (excludes halogenated alkanes) is 4. The molecule has 0 saturated heterocycles. The van der Waals surface area contributed by atoms with Gasteiger partial charge >= 0.3 is 5.97 Å². The second-order valence-corrected chi connectivity index (χ2v) is 5.75. The summed E-state index contributed by atoms with van der Waals surface area (Å²) >= 11 is 0. The lowest BCUT2D eigenvalue weighted by atomic mass is 10.0. The van der Waals surface area contributed by atoms with Crippen LogP contribution < -0.4 is 0 Å². The molecule has 1 aliphatic rings. The van der Waals surface area contributed by atoms with E-state index in [0.29, 0.717) is 12.2 Å². The van der Waals surface area contributed by atoms with Gasteiger partial charge in [-0.25, -0.2) is 0 Å². The molecule has 3 nitrogen and oxygen atoms in total. The predicted molar refractivity (Wildman–Crippen MR) is 85.3 cm³/mol. The SMILES string of the molecule is CC/C=C/CC1=C(CCCCCCCC(=O)O)CCC1=O. The molecule has 0 saturated carbocycles. The van der Waals surface area contributed by atoms with Gasteiger partial charge in [-0.15, -0.1) is 0 Å². The average molecular weight is 292 g/mol. The largest absolute Gasteiger partial charge is 0.481 e. The highest BCUT2D eigenvalue weighted by atomic mass is 16.4. The van der Waals surface area contributed by atoms with Gasteiger partial charge in [0.1, 0.15) is 0 Å². The van der Waals surface area contributed by atoms with Crippen molar-refractivity contribution in [2.75, 3.05) is 0 Å². The molecule has 0 aromatic heterocycles. The molecule has 0 spiro atoms. The van der Waals surface area contributed by atoms with Crippen LogP contribution in [0.15, 0.2) is 23.3 Å². The van der Waals surface area contributed by atoms with Crippen molar-refractivity contribution in [3.63, 3.8) is 0 Å². The molecular weight excluding hydrogens is 264 g/mol. The maximum atomic E-state index is 11.9. The molecule has 118 valence electrons. The Hall–Kier alpha value is -1.38. The number of carboxylic acids is 1. The molecular formula is C18H28O3. The molecule has 0 aromatic carbocycles. The Morgan fingerprint density at radius 2 is 1.81 bits per heavy atom. The van der Waals surface area contributed by atoms with Crippen LogP contribution >= 0.6 is 0 Å². The highest BCUT2D eigenvalue weighted by Gasteiger charge is 2.20. The van der Waals surface area contributed by atoms with Gasteiger partial charge < -0.3 is 5.11 Å². The van der Waals surface area contributed by atoms with E-state index in [0.717, 1.165) is 63.4 Å². The van der Waals surface area contributed by atoms with E-state index in [4.69, 9.17) is 5.11 Å². The number of hydrogen-bond donors (Lipinski definition) is 1. The minimum atomic E-state index is -0.700. The summed E-state index contributed by atoms with van der Waals surface area (Å²) in [4.78, 5) is 22.3. The van der Waals surface area contributed by atoms with E-state index in [1.165, 1.54) is 5.57 Å². The summed E-state index contributed by atoms with van der Waals surface area (Å²) in [6.45, 7) is 2.10. The van der Waals surface area contributed by atoms with Crippen LogP contribution in [0.25, 0.3) is 0 Å². The summed E-state index contributed by atoms with van der Waals surface area (Å²) in [6, 6.07) is 0. The van der Waals surface area contributed by atoms with Crippen molar-refractivity contribution < 1.29 is 14.7 Å². The Bertz CT molecular complexity index is 405. The monoisotopic (exact) mass is 292 g/mol. The summed E-state index contributed by atoms with van der Waals surface area (Å²) in [5, 5.41) is 8.56. The summed E-state index contributed by atoms with van der Waals surface area (Å²) in [6.07, 6.45) is 14.2. The number of carboxylic acid groups (broad SMARTS) is 1. The highest BCUT2D eigenvalue weighted by molar-refractivity contribution is 5.98. The summed E-state index contributed by atoms with van der Waals surface area (Å²) < 4.78 is 0. The maximum Gasteiger partial charge on any atom is 0.303 e. The minimum absolute atomic E-state index is 0.285. The number of Topliss-reactive ketones (excluding diaryl/α,β-unsaturated/α-hetero) is 1. The first kappa shape index (κ1) is 17.7. The first-order valence-electron chi connectivity index (χ1n) is 8.26. The minimum Gasteiger partial charge on any atom is -0.481 e. The van der Waals surface area contributed by atoms with Gasteiger partial charge in [0.25, 0.3) is 0 Å². The number of rotatable bonds is 11. The Morgan fingerprint density at radius 1 is 1.10 bits per heavy atom. The van der Waals surface area contributed by atoms with E-state index in [1.54, 1.807) is 0 Å². The first-order chi connectivity index (χ1) is 10.1. The van der Waals surface area contributed by atoms with Crippen LogP contribution in [0, 0.1) is 0 Å². The fourth-order valence-corrected chi connectivity index (χ4v) is 2.81. The smallest absolute Gasteiger partial charge is 0.303 e. The summed E-state index contributed by atoms with van der Waals surface area (Å²) in [5.74, 6) is -0.360. The molecule has 0 unspecified atom stereocenters. The first-order valence-corrected chi connectivity index (χ1v) is 8.26. The van der Waals surface area contributed by atoms with Gasteiger partial charge in [0.2, 0.25) is 0 Å². The molecule has 21 heavy (non-hydrogen) atoms. The lowest BCUT2D eigenvalue weighted by Gasteiger charge is -2.05. The van der Waals surface area contributed by atoms with Gasteiger partial charge in [0.05, 0.1) is 0 Å². The molecule has 3 heteroatoms. The van der Waals surface area contributed by atoms with E-state index >= 15 is 0 Å². The molecule has 0 heterocycles. The fraction of sp³-hybridized carbons (Fsp3) is 0.667. The van der Waals surface area contributed by atoms with Crippen LogP contribution in [-0.2, 0) is 9.59 Å². The van der Waals surface area contributed by atoms with E-state index in [9.17, 15) is 9.59 Å². The lowest BCUT2D eigenvalue weighted by molar-refractivity contribution is -0.137. The summed E-state index contributed by atoms with van der Waals surface area (Å²) in [7, 11) is 0. The van der Waals surface area contributed by atoms with Gasteiger partial charge in [-0.2, -0.15) is 0 Å². The predicted octanol–water partition coefficient (Wildman–Crippen LogP) is 4.82. The van der Waals surface area contributed by atoms with Gasteiger partial charge in [-0.3, -0.25) is 9.59 Å². The van der Waals surface area contributed by atoms with Crippen LogP contribution in [0.2, 0.25) is 0 Å². The van der Waals surface area contributed by atoms with Gasteiger partial charge in [0.15, 0.2) is 5.78 Å². The van der Waals surface area contributed by atoms with Crippen LogP contribution in [0.5, 0.6) is 0 Å². The zero-order chi connectivity index (χ0) is 15.5. The molecule has 0 aliphatic heterocycles. The third-order valence-corrected chi connectivity index (χ3v) is 4.01. The van der Waals surface area contributed by atoms with Crippen molar-refractivity contribution in [1.29, 1.82) is 0 Å². The molecule has 1 aliphatic carbocycles. The van der Waals surface area contributed by atoms with Gasteiger partial charge in [-0.05, 0) is 44.1 Å². The van der Waals surface area contributed by atoms with Crippen molar-refractivity contribution in [1.82, 2.24) is 0 Å². The number of ketones is 1. The van der Waals surface area contributed by atoms with Crippen molar-refractivity contribution in [3.05, 3.63) is 23.3 Å². The molecule has 1 N–H and O–H groups in total. The Balaban J connectivity index is 2.23. The van der Waals surface area contributed by atoms with Gasteiger partial charge in [0, 0.05) is 12.8 Å². The second kappa shape index (κ2) is 10.4. The van der Waals surface area contributed by atoms with Crippen molar-refractivity contribution >= 4 is 11.8 Å². The maximum absolute atomic E-state index is 11.9. The average Bonchev–Trinajstić information content (AvgIpc) is 2.79. The number of hydrogen-bond acceptors (Lipinski definition) is 2. The Kier molecular flexibility index (Phi) is 8.72. The van der Waals surface area contributed by atoms with Crippen LogP contribution in [0.1, 0.15) is 77.6 Å². The topological polar surface area (TPSA) is 54.4 Å². The van der Waals surface area contributed by atoms with E-state index < -0.39 is 5.97 Å². The molecule has 0 amide bonds. The molecule has 0 aromatic rings. The highest BCUT2D eigenvalue weighted by Crippen LogP contribution is 2.29. The lowest BCUT2D eigenvalue weighted by Crippen LogP contribution is -1.95. The number of carbonyl (C=O) groups excluding carboxylic acids is 1. The number of allylic oxidation sites excluding steroid dienone is 4. The fourth-order valence-electron chi connectivity index (χ4n) is 2.81. The van der Waals surface area contributed by atoms with Crippen molar-refractivity contribution in [2.45, 2.75) is 77.6 Å². The Morgan fingerprint density at radius 3 is 2.52 bits per heavy atom. The summed E-state index contributed by atoms with van der Waals surface area (Å²) in [5.41, 5.74) is 2.43. The van der Waals surface area contributed by atoms with Crippen LogP contribution in [-0.4, -0.2) is 16.9 Å². The molecule has 0 atom stereocenters.